The van der Waals surface area contributed by atoms with Crippen molar-refractivity contribution in [3.05, 3.63) is 48.6 Å². The zero-order valence-electron chi connectivity index (χ0n) is 9.76. The first-order valence-electron chi connectivity index (χ1n) is 5.90. The van der Waals surface area contributed by atoms with Gasteiger partial charge in [0.05, 0.1) is 12.2 Å². The Bertz CT molecular complexity index is 388. The Morgan fingerprint density at radius 3 is 2.88 bits per heavy atom. The van der Waals surface area contributed by atoms with Gasteiger partial charge < -0.3 is 10.1 Å². The van der Waals surface area contributed by atoms with Crippen LogP contribution in [0.15, 0.2) is 43.0 Å². The van der Waals surface area contributed by atoms with Gasteiger partial charge >= 0.3 is 0 Å². The smallest absolute Gasteiger partial charge is 0.243 e. The van der Waals surface area contributed by atoms with E-state index in [1.54, 1.807) is 0 Å². The van der Waals surface area contributed by atoms with Crippen molar-refractivity contribution in [1.82, 2.24) is 5.32 Å². The van der Waals surface area contributed by atoms with Crippen LogP contribution < -0.4 is 5.32 Å². The molecule has 1 saturated heterocycles. The van der Waals surface area contributed by atoms with Crippen LogP contribution in [0.3, 0.4) is 0 Å². The highest BCUT2D eigenvalue weighted by Gasteiger charge is 2.26. The second kappa shape index (κ2) is 5.64. The maximum Gasteiger partial charge on any atom is 0.243 e. The van der Waals surface area contributed by atoms with E-state index >= 15 is 0 Å². The van der Waals surface area contributed by atoms with Crippen LogP contribution >= 0.6 is 0 Å². The van der Waals surface area contributed by atoms with Crippen LogP contribution in [0.1, 0.15) is 24.5 Å². The van der Waals surface area contributed by atoms with E-state index in [4.69, 9.17) is 4.74 Å². The van der Waals surface area contributed by atoms with Crippen molar-refractivity contribution in [3.63, 3.8) is 0 Å². The molecule has 90 valence electrons. The standard InChI is InChI=1S/C14H17NO2/c1-2-14(16)15-10-12-8-9-13(17-12)11-6-4-3-5-7-11/h2-7,12-13H,1,8-10H2,(H,15,16)/t12-,13-/m0/s1. The van der Waals surface area contributed by atoms with Crippen LogP contribution in [0, 0.1) is 0 Å². The molecular formula is C14H17NO2. The van der Waals surface area contributed by atoms with Crippen LogP contribution in [0.4, 0.5) is 0 Å². The molecule has 0 bridgehead atoms. The molecule has 1 aliphatic rings. The summed E-state index contributed by atoms with van der Waals surface area (Å²) in [6.07, 6.45) is 3.56. The molecule has 1 aliphatic heterocycles. The van der Waals surface area contributed by atoms with Gasteiger partial charge in [-0.3, -0.25) is 4.79 Å². The molecule has 2 atom stereocenters. The third-order valence-corrected chi connectivity index (χ3v) is 2.97. The average Bonchev–Trinajstić information content (AvgIpc) is 2.86. The zero-order chi connectivity index (χ0) is 12.1. The number of hydrogen-bond acceptors (Lipinski definition) is 2. The Kier molecular flexibility index (Phi) is 3.94. The summed E-state index contributed by atoms with van der Waals surface area (Å²) in [4.78, 5) is 11.0. The lowest BCUT2D eigenvalue weighted by Gasteiger charge is -2.14. The highest BCUT2D eigenvalue weighted by molar-refractivity contribution is 5.86. The predicted octanol–water partition coefficient (Wildman–Crippen LogP) is 2.21. The summed E-state index contributed by atoms with van der Waals surface area (Å²) in [5, 5.41) is 2.76. The number of benzene rings is 1. The summed E-state index contributed by atoms with van der Waals surface area (Å²) in [7, 11) is 0. The molecule has 0 radical (unpaired) electrons. The summed E-state index contributed by atoms with van der Waals surface area (Å²) >= 11 is 0. The first-order chi connectivity index (χ1) is 8.29. The van der Waals surface area contributed by atoms with Gasteiger partial charge in [-0.1, -0.05) is 36.9 Å². The fourth-order valence-electron chi connectivity index (χ4n) is 2.06. The number of amides is 1. The van der Waals surface area contributed by atoms with E-state index in [-0.39, 0.29) is 18.1 Å². The first kappa shape index (κ1) is 11.9. The Labute approximate surface area is 101 Å². The van der Waals surface area contributed by atoms with Crippen LogP contribution in [-0.4, -0.2) is 18.6 Å². The molecule has 1 heterocycles. The molecule has 0 aliphatic carbocycles. The monoisotopic (exact) mass is 231 g/mol. The fraction of sp³-hybridized carbons (Fsp3) is 0.357. The number of nitrogens with one attached hydrogen (secondary N) is 1. The van der Waals surface area contributed by atoms with Crippen molar-refractivity contribution < 1.29 is 9.53 Å². The van der Waals surface area contributed by atoms with E-state index in [0.29, 0.717) is 6.54 Å². The minimum atomic E-state index is -0.142. The summed E-state index contributed by atoms with van der Waals surface area (Å²) in [6.45, 7) is 3.98. The van der Waals surface area contributed by atoms with E-state index in [0.717, 1.165) is 12.8 Å². The molecule has 0 aromatic heterocycles. The minimum absolute atomic E-state index is 0.115. The number of rotatable bonds is 4. The Morgan fingerprint density at radius 1 is 1.41 bits per heavy atom. The zero-order valence-corrected chi connectivity index (χ0v) is 9.76. The van der Waals surface area contributed by atoms with Crippen LogP contribution in [-0.2, 0) is 9.53 Å². The van der Waals surface area contributed by atoms with Gasteiger partial charge in [0.2, 0.25) is 5.91 Å². The second-order valence-electron chi connectivity index (χ2n) is 4.18. The van der Waals surface area contributed by atoms with Crippen LogP contribution in [0.2, 0.25) is 0 Å². The maximum atomic E-state index is 11.0. The van der Waals surface area contributed by atoms with Gasteiger partial charge in [-0.25, -0.2) is 0 Å². The van der Waals surface area contributed by atoms with E-state index < -0.39 is 0 Å². The molecule has 1 aromatic rings. The molecule has 1 N–H and O–H groups in total. The van der Waals surface area contributed by atoms with Gasteiger partial charge in [-0.15, -0.1) is 0 Å². The topological polar surface area (TPSA) is 38.3 Å². The quantitative estimate of drug-likeness (QED) is 0.807. The third kappa shape index (κ3) is 3.17. The number of carbonyl (C=O) groups excluding carboxylic acids is 1. The molecular weight excluding hydrogens is 214 g/mol. The van der Waals surface area contributed by atoms with E-state index in [9.17, 15) is 4.79 Å². The van der Waals surface area contributed by atoms with E-state index in [2.05, 4.69) is 24.0 Å². The SMILES string of the molecule is C=CC(=O)NC[C@@H]1CC[C@@H](c2ccccc2)O1. The Hall–Kier alpha value is -1.61. The van der Waals surface area contributed by atoms with Gasteiger partial charge in [0.1, 0.15) is 0 Å². The normalized spacial score (nSPS) is 23.3. The summed E-state index contributed by atoms with van der Waals surface area (Å²) in [5.74, 6) is -0.142. The van der Waals surface area contributed by atoms with Gasteiger partial charge in [0, 0.05) is 6.54 Å². The lowest BCUT2D eigenvalue weighted by Crippen LogP contribution is -2.30. The molecule has 1 aromatic carbocycles. The highest BCUT2D eigenvalue weighted by Crippen LogP contribution is 2.32. The van der Waals surface area contributed by atoms with Crippen molar-refractivity contribution >= 4 is 5.91 Å². The molecule has 0 unspecified atom stereocenters. The molecule has 0 saturated carbocycles. The summed E-state index contributed by atoms with van der Waals surface area (Å²) < 4.78 is 5.89. The predicted molar refractivity (Wildman–Crippen MR) is 66.5 cm³/mol. The number of carbonyl (C=O) groups is 1. The van der Waals surface area contributed by atoms with Crippen molar-refractivity contribution in [1.29, 1.82) is 0 Å². The molecule has 1 fully saturated rings. The third-order valence-electron chi connectivity index (χ3n) is 2.97. The lowest BCUT2D eigenvalue weighted by molar-refractivity contribution is -0.117. The largest absolute Gasteiger partial charge is 0.368 e. The molecule has 1 amide bonds. The van der Waals surface area contributed by atoms with E-state index in [1.807, 2.05) is 18.2 Å². The number of hydrogen-bond donors (Lipinski definition) is 1. The molecule has 0 spiro atoms. The minimum Gasteiger partial charge on any atom is -0.368 e. The number of ether oxygens (including phenoxy) is 1. The van der Waals surface area contributed by atoms with Gasteiger partial charge in [0.15, 0.2) is 0 Å². The van der Waals surface area contributed by atoms with Crippen molar-refractivity contribution in [2.75, 3.05) is 6.54 Å². The summed E-state index contributed by atoms with van der Waals surface area (Å²) in [6, 6.07) is 10.2. The summed E-state index contributed by atoms with van der Waals surface area (Å²) in [5.41, 5.74) is 1.21. The maximum absolute atomic E-state index is 11.0. The van der Waals surface area contributed by atoms with Gasteiger partial charge in [0.25, 0.3) is 0 Å². The Balaban J connectivity index is 1.84. The van der Waals surface area contributed by atoms with Crippen LogP contribution in [0.25, 0.3) is 0 Å². The molecule has 3 heteroatoms. The second-order valence-corrected chi connectivity index (χ2v) is 4.18. The molecule has 17 heavy (non-hydrogen) atoms. The Morgan fingerprint density at radius 2 is 2.18 bits per heavy atom. The fourth-order valence-corrected chi connectivity index (χ4v) is 2.06. The molecule has 3 nitrogen and oxygen atoms in total. The van der Waals surface area contributed by atoms with Crippen LogP contribution in [0.5, 0.6) is 0 Å². The van der Waals surface area contributed by atoms with Crippen molar-refractivity contribution in [2.45, 2.75) is 25.0 Å². The average molecular weight is 231 g/mol. The molecule has 2 rings (SSSR count). The van der Waals surface area contributed by atoms with Crippen molar-refractivity contribution in [3.8, 4) is 0 Å². The lowest BCUT2D eigenvalue weighted by atomic mass is 10.1. The highest BCUT2D eigenvalue weighted by atomic mass is 16.5. The van der Waals surface area contributed by atoms with Gasteiger partial charge in [-0.2, -0.15) is 0 Å². The first-order valence-corrected chi connectivity index (χ1v) is 5.90. The van der Waals surface area contributed by atoms with E-state index in [1.165, 1.54) is 11.6 Å². The van der Waals surface area contributed by atoms with Gasteiger partial charge in [-0.05, 0) is 24.5 Å². The van der Waals surface area contributed by atoms with Crippen molar-refractivity contribution in [2.24, 2.45) is 0 Å².